The van der Waals surface area contributed by atoms with Crippen molar-refractivity contribution in [2.45, 2.75) is 45.4 Å². The van der Waals surface area contributed by atoms with Crippen LogP contribution in [0.25, 0.3) is 28.1 Å². The monoisotopic (exact) mass is 472 g/mol. The van der Waals surface area contributed by atoms with Crippen molar-refractivity contribution in [2.75, 3.05) is 13.1 Å². The molecule has 0 bridgehead atoms. The van der Waals surface area contributed by atoms with E-state index in [0.717, 1.165) is 46.1 Å². The van der Waals surface area contributed by atoms with E-state index < -0.39 is 5.78 Å². The lowest BCUT2D eigenvalue weighted by atomic mass is 9.92. The number of rotatable bonds is 10. The molecule has 1 amide bonds. The number of hydrogen-bond acceptors (Lipinski definition) is 4. The van der Waals surface area contributed by atoms with Crippen LogP contribution in [-0.2, 0) is 14.4 Å². The summed E-state index contributed by atoms with van der Waals surface area (Å²) in [5.41, 5.74) is 4.31. The van der Waals surface area contributed by atoms with E-state index in [1.54, 1.807) is 23.1 Å². The van der Waals surface area contributed by atoms with Gasteiger partial charge in [-0.25, -0.2) is 4.39 Å². The Hall–Kier alpha value is -3.67. The number of amides is 1. The highest BCUT2D eigenvalue weighted by Crippen LogP contribution is 2.45. The minimum Gasteiger partial charge on any atom is -0.343 e. The van der Waals surface area contributed by atoms with Crippen molar-refractivity contribution in [3.63, 3.8) is 0 Å². The Morgan fingerprint density at radius 3 is 2.34 bits per heavy atom. The molecule has 2 aromatic carbocycles. The van der Waals surface area contributed by atoms with Crippen molar-refractivity contribution in [3.05, 3.63) is 71.7 Å². The van der Waals surface area contributed by atoms with Gasteiger partial charge in [0.15, 0.2) is 5.78 Å². The first-order valence-corrected chi connectivity index (χ1v) is 12.1. The highest BCUT2D eigenvalue weighted by atomic mass is 19.1. The van der Waals surface area contributed by atoms with Gasteiger partial charge in [-0.1, -0.05) is 30.3 Å². The maximum Gasteiger partial charge on any atom is 0.230 e. The number of ketones is 2. The quantitative estimate of drug-likeness (QED) is 0.280. The normalized spacial score (nSPS) is 13.3. The second kappa shape index (κ2) is 10.7. The van der Waals surface area contributed by atoms with Crippen LogP contribution in [-0.4, -0.2) is 40.4 Å². The Kier molecular flexibility index (Phi) is 7.49. The molecule has 0 N–H and O–H groups in total. The van der Waals surface area contributed by atoms with Crippen LogP contribution in [0.3, 0.4) is 0 Å². The fourth-order valence-corrected chi connectivity index (χ4v) is 4.36. The summed E-state index contributed by atoms with van der Waals surface area (Å²) in [7, 11) is 0. The number of pyridine rings is 1. The van der Waals surface area contributed by atoms with Gasteiger partial charge >= 0.3 is 0 Å². The van der Waals surface area contributed by atoms with Gasteiger partial charge in [-0.3, -0.25) is 19.4 Å². The molecule has 4 rings (SSSR count). The number of halogens is 1. The van der Waals surface area contributed by atoms with Gasteiger partial charge in [0.25, 0.3) is 0 Å². The Morgan fingerprint density at radius 2 is 1.69 bits per heavy atom. The molecular formula is C29H29FN2O3. The maximum atomic E-state index is 13.7. The van der Waals surface area contributed by atoms with Crippen molar-refractivity contribution >= 4 is 34.5 Å². The molecule has 1 saturated carbocycles. The smallest absolute Gasteiger partial charge is 0.230 e. The molecule has 3 aromatic rings. The minimum atomic E-state index is -0.394. The van der Waals surface area contributed by atoms with Gasteiger partial charge in [0, 0.05) is 35.5 Å². The molecule has 180 valence electrons. The van der Waals surface area contributed by atoms with Gasteiger partial charge in [0.2, 0.25) is 5.91 Å². The van der Waals surface area contributed by atoms with E-state index in [0.29, 0.717) is 19.0 Å². The standard InChI is InChI=1S/C29H29FN2O3/c1-3-32(4-2)27(35)18-23(34)17-22(33)15-16-25-28(19-11-13-21(30)14-12-19)24-7-5-6-8-26(24)31-29(25)20-9-10-20/h5-8,11-16,20H,3-4,9-10,17-18H2,1-2H3/b16-15+. The largest absolute Gasteiger partial charge is 0.343 e. The van der Waals surface area contributed by atoms with E-state index in [-0.39, 0.29) is 30.3 Å². The molecule has 1 fully saturated rings. The molecule has 0 atom stereocenters. The Morgan fingerprint density at radius 1 is 1.00 bits per heavy atom. The summed E-state index contributed by atoms with van der Waals surface area (Å²) in [6.45, 7) is 4.77. The van der Waals surface area contributed by atoms with Gasteiger partial charge in [-0.15, -0.1) is 0 Å². The van der Waals surface area contributed by atoms with Crippen LogP contribution in [0.15, 0.2) is 54.6 Å². The lowest BCUT2D eigenvalue weighted by molar-refractivity contribution is -0.135. The number of carbonyl (C=O) groups excluding carboxylic acids is 3. The third-order valence-corrected chi connectivity index (χ3v) is 6.33. The minimum absolute atomic E-state index is 0.259. The predicted molar refractivity (Wildman–Crippen MR) is 135 cm³/mol. The van der Waals surface area contributed by atoms with Crippen LogP contribution in [0.1, 0.15) is 56.7 Å². The average molecular weight is 473 g/mol. The number of Topliss-reactive ketones (excluding diaryl/α,β-unsaturated/α-hetero) is 1. The number of carbonyl (C=O) groups is 3. The van der Waals surface area contributed by atoms with E-state index >= 15 is 0 Å². The number of benzene rings is 2. The fraction of sp³-hybridized carbons (Fsp3) is 0.310. The van der Waals surface area contributed by atoms with E-state index in [1.165, 1.54) is 18.2 Å². The second-order valence-electron chi connectivity index (χ2n) is 8.84. The number of hydrogen-bond donors (Lipinski definition) is 0. The summed E-state index contributed by atoms with van der Waals surface area (Å²) in [6, 6.07) is 14.1. The number of para-hydroxylation sites is 1. The molecule has 1 aromatic heterocycles. The first-order valence-electron chi connectivity index (χ1n) is 12.1. The first-order chi connectivity index (χ1) is 16.9. The number of nitrogens with zero attached hydrogens (tertiary/aromatic N) is 2. The predicted octanol–water partition coefficient (Wildman–Crippen LogP) is 5.72. The highest BCUT2D eigenvalue weighted by Gasteiger charge is 2.29. The lowest BCUT2D eigenvalue weighted by Gasteiger charge is -2.17. The summed E-state index contributed by atoms with van der Waals surface area (Å²) in [5.74, 6) is -1.02. The lowest BCUT2D eigenvalue weighted by Crippen LogP contribution is -2.32. The third-order valence-electron chi connectivity index (χ3n) is 6.33. The average Bonchev–Trinajstić information content (AvgIpc) is 3.68. The van der Waals surface area contributed by atoms with E-state index in [9.17, 15) is 18.8 Å². The van der Waals surface area contributed by atoms with Crippen LogP contribution in [0.4, 0.5) is 4.39 Å². The van der Waals surface area contributed by atoms with Crippen LogP contribution in [0.5, 0.6) is 0 Å². The molecular weight excluding hydrogens is 443 g/mol. The van der Waals surface area contributed by atoms with Crippen LogP contribution in [0.2, 0.25) is 0 Å². The summed E-state index contributed by atoms with van der Waals surface area (Å²) in [6.07, 6.45) is 4.59. The Bertz CT molecular complexity index is 1290. The molecule has 0 saturated heterocycles. The summed E-state index contributed by atoms with van der Waals surface area (Å²) < 4.78 is 13.7. The van der Waals surface area contributed by atoms with Gasteiger partial charge in [0.05, 0.1) is 24.1 Å². The van der Waals surface area contributed by atoms with Crippen LogP contribution < -0.4 is 0 Å². The molecule has 0 unspecified atom stereocenters. The van der Waals surface area contributed by atoms with Gasteiger partial charge < -0.3 is 4.90 Å². The molecule has 0 radical (unpaired) electrons. The van der Waals surface area contributed by atoms with Crippen molar-refractivity contribution in [1.82, 2.24) is 9.88 Å². The van der Waals surface area contributed by atoms with Crippen LogP contribution in [0, 0.1) is 5.82 Å². The zero-order valence-electron chi connectivity index (χ0n) is 20.1. The topological polar surface area (TPSA) is 67.3 Å². The molecule has 1 heterocycles. The first kappa shape index (κ1) is 24.5. The molecule has 1 aliphatic rings. The van der Waals surface area contributed by atoms with E-state index in [1.807, 2.05) is 38.1 Å². The van der Waals surface area contributed by atoms with Crippen molar-refractivity contribution < 1.29 is 18.8 Å². The maximum absolute atomic E-state index is 13.7. The fourth-order valence-electron chi connectivity index (χ4n) is 4.36. The molecule has 0 spiro atoms. The molecule has 5 nitrogen and oxygen atoms in total. The molecule has 35 heavy (non-hydrogen) atoms. The molecule has 6 heteroatoms. The van der Waals surface area contributed by atoms with Gasteiger partial charge in [0.1, 0.15) is 11.6 Å². The Balaban J connectivity index is 1.66. The number of allylic oxidation sites excluding steroid dienone is 1. The molecule has 1 aliphatic carbocycles. The van der Waals surface area contributed by atoms with Crippen LogP contribution >= 0.6 is 0 Å². The highest BCUT2D eigenvalue weighted by molar-refractivity contribution is 6.11. The third kappa shape index (κ3) is 5.70. The summed E-state index contributed by atoms with van der Waals surface area (Å²) in [4.78, 5) is 43.7. The van der Waals surface area contributed by atoms with E-state index in [2.05, 4.69) is 0 Å². The second-order valence-corrected chi connectivity index (χ2v) is 8.84. The van der Waals surface area contributed by atoms with Crippen molar-refractivity contribution in [1.29, 1.82) is 0 Å². The van der Waals surface area contributed by atoms with Gasteiger partial charge in [-0.05, 0) is 62.6 Å². The SMILES string of the molecule is CCN(CC)C(=O)CC(=O)CC(=O)/C=C/c1c(C2CC2)nc2ccccc2c1-c1ccc(F)cc1. The zero-order chi connectivity index (χ0) is 24.9. The van der Waals surface area contributed by atoms with Crippen molar-refractivity contribution in [2.24, 2.45) is 0 Å². The van der Waals surface area contributed by atoms with E-state index in [4.69, 9.17) is 4.98 Å². The van der Waals surface area contributed by atoms with Crippen molar-refractivity contribution in [3.8, 4) is 11.1 Å². The van der Waals surface area contributed by atoms with Gasteiger partial charge in [-0.2, -0.15) is 0 Å². The number of fused-ring (bicyclic) bond motifs is 1. The molecule has 0 aliphatic heterocycles. The Labute approximate surface area is 204 Å². The summed E-state index contributed by atoms with van der Waals surface area (Å²) >= 11 is 0. The number of aromatic nitrogens is 1. The summed E-state index contributed by atoms with van der Waals surface area (Å²) in [5, 5.41) is 0.913. The zero-order valence-corrected chi connectivity index (χ0v) is 20.1.